The standard InChI is InChI=1S/C23H27NO4/c1-23(2,3)28-22(26)20(24)12-13-21(25)27-14-19-17-10-6-4-8-15(17)16-9-5-7-11-18(16)19/h4-11,19-20H,12-14,24H2,1-3H3. The van der Waals surface area contributed by atoms with Crippen LogP contribution in [0.5, 0.6) is 0 Å². The SMILES string of the molecule is CC(C)(C)OC(=O)C(N)CCC(=O)OCC1c2ccccc2-c2ccccc21. The number of carbonyl (C=O) groups excluding carboxylic acids is 2. The van der Waals surface area contributed by atoms with Crippen LogP contribution in [0.3, 0.4) is 0 Å². The molecule has 2 aromatic rings. The summed E-state index contributed by atoms with van der Waals surface area (Å²) in [6.07, 6.45) is 0.280. The quantitative estimate of drug-likeness (QED) is 0.770. The van der Waals surface area contributed by atoms with Gasteiger partial charge >= 0.3 is 11.9 Å². The fraction of sp³-hybridized carbons (Fsp3) is 0.391. The van der Waals surface area contributed by atoms with Crippen molar-refractivity contribution in [1.82, 2.24) is 0 Å². The van der Waals surface area contributed by atoms with E-state index in [2.05, 4.69) is 24.3 Å². The highest BCUT2D eigenvalue weighted by molar-refractivity contribution is 5.79. The summed E-state index contributed by atoms with van der Waals surface area (Å²) in [5.41, 5.74) is 9.95. The summed E-state index contributed by atoms with van der Waals surface area (Å²) in [5, 5.41) is 0. The minimum Gasteiger partial charge on any atom is -0.465 e. The molecule has 2 aromatic carbocycles. The van der Waals surface area contributed by atoms with Crippen molar-refractivity contribution in [2.24, 2.45) is 5.73 Å². The van der Waals surface area contributed by atoms with E-state index in [4.69, 9.17) is 15.2 Å². The normalized spacial score (nSPS) is 14.1. The number of benzene rings is 2. The number of ether oxygens (including phenoxy) is 2. The topological polar surface area (TPSA) is 78.6 Å². The molecule has 0 heterocycles. The second kappa shape index (κ2) is 8.15. The van der Waals surface area contributed by atoms with Gasteiger partial charge in [0.25, 0.3) is 0 Å². The summed E-state index contributed by atoms with van der Waals surface area (Å²) in [6.45, 7) is 5.62. The molecular weight excluding hydrogens is 354 g/mol. The molecule has 28 heavy (non-hydrogen) atoms. The van der Waals surface area contributed by atoms with Crippen LogP contribution in [0.4, 0.5) is 0 Å². The molecule has 0 aliphatic heterocycles. The number of fused-ring (bicyclic) bond motifs is 3. The van der Waals surface area contributed by atoms with Crippen LogP contribution in [0.15, 0.2) is 48.5 Å². The predicted octanol–water partition coefficient (Wildman–Crippen LogP) is 3.79. The van der Waals surface area contributed by atoms with Crippen molar-refractivity contribution >= 4 is 11.9 Å². The van der Waals surface area contributed by atoms with Gasteiger partial charge in [-0.25, -0.2) is 0 Å². The third kappa shape index (κ3) is 4.60. The highest BCUT2D eigenvalue weighted by Crippen LogP contribution is 2.44. The Morgan fingerprint density at radius 2 is 1.54 bits per heavy atom. The van der Waals surface area contributed by atoms with E-state index in [-0.39, 0.29) is 31.3 Å². The molecule has 3 rings (SSSR count). The molecule has 1 atom stereocenters. The fourth-order valence-corrected chi connectivity index (χ4v) is 3.46. The van der Waals surface area contributed by atoms with E-state index in [9.17, 15) is 9.59 Å². The van der Waals surface area contributed by atoms with Gasteiger partial charge in [-0.2, -0.15) is 0 Å². The molecule has 1 aliphatic rings. The summed E-state index contributed by atoms with van der Waals surface area (Å²) in [4.78, 5) is 24.1. The molecule has 0 radical (unpaired) electrons. The Morgan fingerprint density at radius 1 is 1.00 bits per heavy atom. The molecule has 0 bridgehead atoms. The number of rotatable bonds is 6. The predicted molar refractivity (Wildman–Crippen MR) is 108 cm³/mol. The molecule has 1 unspecified atom stereocenters. The van der Waals surface area contributed by atoms with Crippen LogP contribution in [-0.2, 0) is 19.1 Å². The molecule has 0 fully saturated rings. The van der Waals surface area contributed by atoms with Crippen molar-refractivity contribution in [1.29, 1.82) is 0 Å². The summed E-state index contributed by atoms with van der Waals surface area (Å²) >= 11 is 0. The Labute approximate surface area is 165 Å². The lowest BCUT2D eigenvalue weighted by molar-refractivity contribution is -0.156. The Bertz CT molecular complexity index is 823. The lowest BCUT2D eigenvalue weighted by atomic mass is 9.98. The highest BCUT2D eigenvalue weighted by Gasteiger charge is 2.29. The maximum Gasteiger partial charge on any atom is 0.323 e. The van der Waals surface area contributed by atoms with Crippen molar-refractivity contribution in [3.63, 3.8) is 0 Å². The summed E-state index contributed by atoms with van der Waals surface area (Å²) in [7, 11) is 0. The van der Waals surface area contributed by atoms with Crippen LogP contribution in [0.2, 0.25) is 0 Å². The van der Waals surface area contributed by atoms with Gasteiger partial charge in [0, 0.05) is 12.3 Å². The van der Waals surface area contributed by atoms with Gasteiger partial charge in [0.05, 0.1) is 0 Å². The fourth-order valence-electron chi connectivity index (χ4n) is 3.46. The lowest BCUT2D eigenvalue weighted by Gasteiger charge is -2.22. The monoisotopic (exact) mass is 381 g/mol. The Morgan fingerprint density at radius 3 is 2.07 bits per heavy atom. The summed E-state index contributed by atoms with van der Waals surface area (Å²) < 4.78 is 10.8. The van der Waals surface area contributed by atoms with Gasteiger partial charge in [0.2, 0.25) is 0 Å². The molecule has 5 nitrogen and oxygen atoms in total. The maximum atomic E-state index is 12.2. The van der Waals surface area contributed by atoms with E-state index in [0.717, 1.165) is 0 Å². The van der Waals surface area contributed by atoms with Crippen LogP contribution in [0.1, 0.15) is 50.7 Å². The molecule has 0 spiro atoms. The number of nitrogens with two attached hydrogens (primary N) is 1. The molecule has 5 heteroatoms. The van der Waals surface area contributed by atoms with Gasteiger partial charge in [0.15, 0.2) is 0 Å². The van der Waals surface area contributed by atoms with Crippen LogP contribution in [0.25, 0.3) is 11.1 Å². The van der Waals surface area contributed by atoms with E-state index in [1.807, 2.05) is 24.3 Å². The van der Waals surface area contributed by atoms with Gasteiger partial charge in [0.1, 0.15) is 18.2 Å². The van der Waals surface area contributed by atoms with E-state index in [1.54, 1.807) is 20.8 Å². The second-order valence-corrected chi connectivity index (χ2v) is 8.09. The second-order valence-electron chi connectivity index (χ2n) is 8.09. The number of hydrogen-bond acceptors (Lipinski definition) is 5. The van der Waals surface area contributed by atoms with Crippen molar-refractivity contribution < 1.29 is 19.1 Å². The Kier molecular flexibility index (Phi) is 5.84. The van der Waals surface area contributed by atoms with Crippen molar-refractivity contribution in [2.45, 2.75) is 51.2 Å². The minimum absolute atomic E-state index is 0.0240. The first kappa shape index (κ1) is 20.1. The number of hydrogen-bond donors (Lipinski definition) is 1. The number of carbonyl (C=O) groups is 2. The smallest absolute Gasteiger partial charge is 0.323 e. The molecule has 0 saturated heterocycles. The van der Waals surface area contributed by atoms with Crippen molar-refractivity contribution in [3.8, 4) is 11.1 Å². The average Bonchev–Trinajstić information content (AvgIpc) is 2.97. The molecular formula is C23H27NO4. The first-order valence-electron chi connectivity index (χ1n) is 9.58. The van der Waals surface area contributed by atoms with Gasteiger partial charge in [-0.3, -0.25) is 9.59 Å². The molecule has 0 saturated carbocycles. The minimum atomic E-state index is -0.834. The molecule has 0 amide bonds. The third-order valence-corrected chi connectivity index (χ3v) is 4.74. The molecule has 0 aromatic heterocycles. The average molecular weight is 381 g/mol. The Hall–Kier alpha value is -2.66. The van der Waals surface area contributed by atoms with Gasteiger partial charge in [-0.05, 0) is 49.4 Å². The van der Waals surface area contributed by atoms with Gasteiger partial charge in [-0.15, -0.1) is 0 Å². The first-order valence-corrected chi connectivity index (χ1v) is 9.58. The van der Waals surface area contributed by atoms with Crippen LogP contribution >= 0.6 is 0 Å². The van der Waals surface area contributed by atoms with E-state index < -0.39 is 17.6 Å². The van der Waals surface area contributed by atoms with E-state index >= 15 is 0 Å². The lowest BCUT2D eigenvalue weighted by Crippen LogP contribution is -2.37. The maximum absolute atomic E-state index is 12.2. The van der Waals surface area contributed by atoms with E-state index in [0.29, 0.717) is 0 Å². The van der Waals surface area contributed by atoms with Crippen molar-refractivity contribution in [3.05, 3.63) is 59.7 Å². The van der Waals surface area contributed by atoms with Gasteiger partial charge < -0.3 is 15.2 Å². The number of esters is 2. The van der Waals surface area contributed by atoms with Crippen LogP contribution in [0, 0.1) is 0 Å². The zero-order chi connectivity index (χ0) is 20.3. The molecule has 2 N–H and O–H groups in total. The zero-order valence-corrected chi connectivity index (χ0v) is 16.6. The van der Waals surface area contributed by atoms with Gasteiger partial charge in [-0.1, -0.05) is 48.5 Å². The highest BCUT2D eigenvalue weighted by atomic mass is 16.6. The van der Waals surface area contributed by atoms with E-state index in [1.165, 1.54) is 22.3 Å². The van der Waals surface area contributed by atoms with Crippen molar-refractivity contribution in [2.75, 3.05) is 6.61 Å². The third-order valence-electron chi connectivity index (χ3n) is 4.74. The first-order chi connectivity index (χ1) is 13.3. The van der Waals surface area contributed by atoms with Crippen LogP contribution in [-0.4, -0.2) is 30.2 Å². The molecule has 148 valence electrons. The summed E-state index contributed by atoms with van der Waals surface area (Å²) in [6, 6.07) is 15.5. The largest absolute Gasteiger partial charge is 0.465 e. The summed E-state index contributed by atoms with van der Waals surface area (Å²) in [5.74, 6) is -0.837. The van der Waals surface area contributed by atoms with Crippen LogP contribution < -0.4 is 5.73 Å². The Balaban J connectivity index is 1.56. The zero-order valence-electron chi connectivity index (χ0n) is 16.6. The molecule has 1 aliphatic carbocycles.